The first-order valence-electron chi connectivity index (χ1n) is 13.6. The van der Waals surface area contributed by atoms with Gasteiger partial charge in [-0.1, -0.05) is 24.3 Å². The van der Waals surface area contributed by atoms with Crippen LogP contribution in [-0.4, -0.2) is 72.9 Å². The average molecular weight is 558 g/mol. The van der Waals surface area contributed by atoms with Crippen molar-refractivity contribution in [3.8, 4) is 17.2 Å². The molecule has 1 N–H and O–H groups in total. The normalized spacial score (nSPS) is 18.8. The molecule has 3 aliphatic heterocycles. The number of nitrogens with zero attached hydrogens (tertiary/aromatic N) is 2. The number of ether oxygens (including phenoxy) is 4. The third-order valence-corrected chi connectivity index (χ3v) is 7.88. The summed E-state index contributed by atoms with van der Waals surface area (Å²) in [6.07, 6.45) is 0.777. The van der Waals surface area contributed by atoms with Crippen molar-refractivity contribution in [3.05, 3.63) is 89.5 Å². The van der Waals surface area contributed by atoms with Crippen LogP contribution in [0.15, 0.2) is 72.8 Å². The van der Waals surface area contributed by atoms with Crippen LogP contribution in [-0.2, 0) is 16.1 Å². The third kappa shape index (κ3) is 5.18. The van der Waals surface area contributed by atoms with Crippen molar-refractivity contribution in [2.45, 2.75) is 31.2 Å². The van der Waals surface area contributed by atoms with E-state index in [1.165, 1.54) is 0 Å². The van der Waals surface area contributed by atoms with Gasteiger partial charge in [-0.3, -0.25) is 19.3 Å². The second-order valence-electron chi connectivity index (χ2n) is 10.2. The zero-order valence-electron chi connectivity index (χ0n) is 22.7. The predicted octanol–water partition coefficient (Wildman–Crippen LogP) is 3.21. The lowest BCUT2D eigenvalue weighted by atomic mass is 9.96. The first kappa shape index (κ1) is 26.6. The smallest absolute Gasteiger partial charge is 0.256 e. The fraction of sp³-hybridized carbons (Fsp3) is 0.323. The first-order chi connectivity index (χ1) is 20.0. The van der Waals surface area contributed by atoms with Gasteiger partial charge in [0.2, 0.25) is 12.7 Å². The van der Waals surface area contributed by atoms with Crippen LogP contribution in [0.1, 0.15) is 39.1 Å². The van der Waals surface area contributed by atoms with Gasteiger partial charge in [-0.2, -0.15) is 0 Å². The Morgan fingerprint density at radius 1 is 0.902 bits per heavy atom. The van der Waals surface area contributed by atoms with E-state index in [4.69, 9.17) is 18.9 Å². The molecule has 10 nitrogen and oxygen atoms in total. The Bertz CT molecular complexity index is 1440. The minimum atomic E-state index is -0.996. The van der Waals surface area contributed by atoms with E-state index in [9.17, 15) is 14.4 Å². The summed E-state index contributed by atoms with van der Waals surface area (Å²) in [6.45, 7) is 1.27. The van der Waals surface area contributed by atoms with Gasteiger partial charge in [0, 0.05) is 43.6 Å². The lowest BCUT2D eigenvalue weighted by Crippen LogP contribution is -2.59. The average Bonchev–Trinajstić information content (AvgIpc) is 3.64. The number of amides is 3. The molecule has 2 fully saturated rings. The second kappa shape index (κ2) is 11.1. The molecule has 41 heavy (non-hydrogen) atoms. The molecule has 3 aromatic rings. The fourth-order valence-electron chi connectivity index (χ4n) is 5.62. The highest BCUT2D eigenvalue weighted by atomic mass is 16.7. The number of hydrogen-bond donors (Lipinski definition) is 1. The highest BCUT2D eigenvalue weighted by Crippen LogP contribution is 2.39. The van der Waals surface area contributed by atoms with Gasteiger partial charge < -0.3 is 29.2 Å². The van der Waals surface area contributed by atoms with Crippen molar-refractivity contribution >= 4 is 17.7 Å². The number of piperidine rings is 1. The van der Waals surface area contributed by atoms with Gasteiger partial charge in [-0.25, -0.2) is 0 Å². The summed E-state index contributed by atoms with van der Waals surface area (Å²) in [6, 6.07) is 20.6. The maximum Gasteiger partial charge on any atom is 0.256 e. The highest BCUT2D eigenvalue weighted by molar-refractivity contribution is 5.98. The molecule has 0 radical (unpaired) electrons. The summed E-state index contributed by atoms with van der Waals surface area (Å²) >= 11 is 0. The van der Waals surface area contributed by atoms with Crippen LogP contribution in [0, 0.1) is 0 Å². The van der Waals surface area contributed by atoms with Gasteiger partial charge in [0.05, 0.1) is 13.7 Å². The van der Waals surface area contributed by atoms with Gasteiger partial charge in [-0.15, -0.1) is 0 Å². The Balaban J connectivity index is 1.18. The molecule has 0 aromatic heterocycles. The van der Waals surface area contributed by atoms with E-state index in [2.05, 4.69) is 5.32 Å². The van der Waals surface area contributed by atoms with Crippen molar-refractivity contribution in [3.63, 3.8) is 0 Å². The molecule has 2 saturated heterocycles. The van der Waals surface area contributed by atoms with Crippen molar-refractivity contribution in [2.24, 2.45) is 0 Å². The molecule has 1 atom stereocenters. The highest BCUT2D eigenvalue weighted by Gasteiger charge is 2.54. The number of hydrogen-bond acceptors (Lipinski definition) is 7. The minimum absolute atomic E-state index is 0.0674. The molecular weight excluding hydrogens is 526 g/mol. The van der Waals surface area contributed by atoms with Gasteiger partial charge in [0.1, 0.15) is 17.5 Å². The summed E-state index contributed by atoms with van der Waals surface area (Å²) in [5, 5.41) is 2.96. The van der Waals surface area contributed by atoms with Crippen LogP contribution in [0.3, 0.4) is 0 Å². The zero-order chi connectivity index (χ0) is 28.4. The third-order valence-electron chi connectivity index (χ3n) is 7.88. The zero-order valence-corrected chi connectivity index (χ0v) is 22.7. The minimum Gasteiger partial charge on any atom is -0.497 e. The topological polar surface area (TPSA) is 107 Å². The molecule has 6 rings (SSSR count). The molecule has 212 valence electrons. The number of methoxy groups -OCH3 is 1. The van der Waals surface area contributed by atoms with Crippen LogP contribution in [0.25, 0.3) is 0 Å². The predicted molar refractivity (Wildman–Crippen MR) is 148 cm³/mol. The van der Waals surface area contributed by atoms with E-state index in [1.807, 2.05) is 24.3 Å². The molecule has 0 bridgehead atoms. The molecule has 3 aliphatic rings. The molecule has 3 heterocycles. The van der Waals surface area contributed by atoms with Crippen LogP contribution < -0.4 is 19.5 Å². The summed E-state index contributed by atoms with van der Waals surface area (Å²) < 4.78 is 22.3. The number of likely N-dealkylation sites (tertiary alicyclic amines) is 1. The van der Waals surface area contributed by atoms with E-state index < -0.39 is 11.8 Å². The second-order valence-corrected chi connectivity index (χ2v) is 10.2. The number of nitrogens with one attached hydrogen (secondary N) is 1. The Labute approximate surface area is 237 Å². The van der Waals surface area contributed by atoms with Crippen LogP contribution in [0.5, 0.6) is 17.2 Å². The van der Waals surface area contributed by atoms with E-state index in [-0.39, 0.29) is 37.7 Å². The van der Waals surface area contributed by atoms with E-state index >= 15 is 0 Å². The van der Waals surface area contributed by atoms with Gasteiger partial charge in [0.15, 0.2) is 11.5 Å². The Hall–Kier alpha value is -4.57. The van der Waals surface area contributed by atoms with Crippen LogP contribution in [0.4, 0.5) is 0 Å². The van der Waals surface area contributed by atoms with Crippen molar-refractivity contribution in [1.29, 1.82) is 0 Å². The van der Waals surface area contributed by atoms with Crippen molar-refractivity contribution in [1.82, 2.24) is 15.1 Å². The molecule has 10 heteroatoms. The van der Waals surface area contributed by atoms with E-state index in [0.717, 1.165) is 5.56 Å². The molecule has 0 saturated carbocycles. The number of benzene rings is 3. The number of carbonyl (C=O) groups is 3. The molecular formula is C31H31N3O7. The summed E-state index contributed by atoms with van der Waals surface area (Å²) in [7, 11) is 1.58. The fourth-order valence-corrected chi connectivity index (χ4v) is 5.62. The summed E-state index contributed by atoms with van der Waals surface area (Å²) in [5.74, 6) is 1.30. The maximum atomic E-state index is 13.9. The van der Waals surface area contributed by atoms with Crippen LogP contribution in [0.2, 0.25) is 0 Å². The number of carbonyl (C=O) groups excluding carboxylic acids is 3. The quantitative estimate of drug-likeness (QED) is 0.496. The summed E-state index contributed by atoms with van der Waals surface area (Å²) in [5.41, 5.74) is 0.891. The standard InChI is InChI=1S/C31H31N3O7/c1-38-24-10-8-23(9-11-24)29(36)33-15-13-31(14-16-33)34(30(37)22-5-3-2-4-6-22)25(19-41-31)28(35)32-18-21-7-12-26-27(17-21)40-20-39-26/h2-12,17,25H,13-16,18-20H2,1H3,(H,32,35)/t25-/m0/s1. The monoisotopic (exact) mass is 557 g/mol. The molecule has 3 amide bonds. The molecule has 1 spiro atoms. The molecule has 0 unspecified atom stereocenters. The lowest BCUT2D eigenvalue weighted by molar-refractivity contribution is -0.128. The van der Waals surface area contributed by atoms with E-state index in [0.29, 0.717) is 54.3 Å². The largest absolute Gasteiger partial charge is 0.497 e. The SMILES string of the molecule is COc1ccc(C(=O)N2CCC3(CC2)OC[C@@H](C(=O)NCc2ccc4c(c2)OCO4)N3C(=O)c2ccccc2)cc1. The number of rotatable bonds is 6. The number of fused-ring (bicyclic) bond motifs is 1. The van der Waals surface area contributed by atoms with Crippen molar-refractivity contribution < 1.29 is 33.3 Å². The maximum absolute atomic E-state index is 13.9. The van der Waals surface area contributed by atoms with Gasteiger partial charge >= 0.3 is 0 Å². The lowest BCUT2D eigenvalue weighted by Gasteiger charge is -2.44. The van der Waals surface area contributed by atoms with Crippen molar-refractivity contribution in [2.75, 3.05) is 33.6 Å². The van der Waals surface area contributed by atoms with Gasteiger partial charge in [0.25, 0.3) is 11.8 Å². The molecule has 0 aliphatic carbocycles. The summed E-state index contributed by atoms with van der Waals surface area (Å²) in [4.78, 5) is 43.9. The Morgan fingerprint density at radius 2 is 1.61 bits per heavy atom. The van der Waals surface area contributed by atoms with Crippen LogP contribution >= 0.6 is 0 Å². The van der Waals surface area contributed by atoms with Gasteiger partial charge in [-0.05, 0) is 54.1 Å². The molecule has 3 aromatic carbocycles. The Kier molecular flexibility index (Phi) is 7.23. The van der Waals surface area contributed by atoms with E-state index in [1.54, 1.807) is 65.4 Å². The first-order valence-corrected chi connectivity index (χ1v) is 13.6. The Morgan fingerprint density at radius 3 is 2.34 bits per heavy atom.